The minimum absolute atomic E-state index is 0.0584. The molecule has 0 aliphatic carbocycles. The van der Waals surface area contributed by atoms with E-state index in [0.29, 0.717) is 22.7 Å². The predicted molar refractivity (Wildman–Crippen MR) is 117 cm³/mol. The highest BCUT2D eigenvalue weighted by Crippen LogP contribution is 2.34. The van der Waals surface area contributed by atoms with Gasteiger partial charge < -0.3 is 10.6 Å². The highest BCUT2D eigenvalue weighted by atomic mass is 32.2. The summed E-state index contributed by atoms with van der Waals surface area (Å²) in [6.45, 7) is 3.24. The lowest BCUT2D eigenvalue weighted by molar-refractivity contribution is -0.118. The van der Waals surface area contributed by atoms with E-state index in [2.05, 4.69) is 10.6 Å². The van der Waals surface area contributed by atoms with Gasteiger partial charge in [0.15, 0.2) is 15.6 Å². The zero-order valence-electron chi connectivity index (χ0n) is 16.6. The summed E-state index contributed by atoms with van der Waals surface area (Å²) in [4.78, 5) is 36.6. The van der Waals surface area contributed by atoms with Crippen LogP contribution in [0.3, 0.4) is 0 Å². The van der Waals surface area contributed by atoms with E-state index in [1.807, 2.05) is 6.92 Å². The van der Waals surface area contributed by atoms with E-state index in [-0.39, 0.29) is 34.7 Å². The van der Waals surface area contributed by atoms with Crippen molar-refractivity contribution in [2.24, 2.45) is 5.92 Å². The summed E-state index contributed by atoms with van der Waals surface area (Å²) in [7, 11) is -3.72. The van der Waals surface area contributed by atoms with Crippen molar-refractivity contribution >= 4 is 50.6 Å². The van der Waals surface area contributed by atoms with Crippen molar-refractivity contribution in [2.45, 2.75) is 30.1 Å². The van der Waals surface area contributed by atoms with Crippen LogP contribution in [-0.2, 0) is 19.4 Å². The fourth-order valence-electron chi connectivity index (χ4n) is 2.86. The van der Waals surface area contributed by atoms with Gasteiger partial charge in [0, 0.05) is 34.2 Å². The van der Waals surface area contributed by atoms with Crippen LogP contribution >= 0.6 is 11.8 Å². The van der Waals surface area contributed by atoms with Crippen LogP contribution in [0.25, 0.3) is 0 Å². The first-order chi connectivity index (χ1) is 14.2. The molecule has 0 bridgehead atoms. The topological polar surface area (TPSA) is 109 Å². The van der Waals surface area contributed by atoms with Gasteiger partial charge in [0.2, 0.25) is 11.8 Å². The number of Topliss-reactive ketones (excluding diaryl/α,β-unsaturated/α-hetero) is 1. The van der Waals surface area contributed by atoms with Crippen molar-refractivity contribution in [3.63, 3.8) is 0 Å². The Labute approximate surface area is 179 Å². The first-order valence-corrected chi connectivity index (χ1v) is 12.0. The number of hydrogen-bond acceptors (Lipinski definition) is 6. The van der Waals surface area contributed by atoms with Gasteiger partial charge in [-0.05, 0) is 37.3 Å². The Balaban J connectivity index is 1.68. The predicted octanol–water partition coefficient (Wildman–Crippen LogP) is 3.37. The lowest BCUT2D eigenvalue weighted by atomic mass is 10.1. The van der Waals surface area contributed by atoms with Crippen LogP contribution in [0.15, 0.2) is 52.3 Å². The van der Waals surface area contributed by atoms with E-state index < -0.39 is 15.7 Å². The second-order valence-corrected chi connectivity index (χ2v) is 10.3. The van der Waals surface area contributed by atoms with Crippen molar-refractivity contribution in [1.82, 2.24) is 0 Å². The van der Waals surface area contributed by atoms with Crippen molar-refractivity contribution in [3.8, 4) is 0 Å². The molecule has 0 saturated carbocycles. The van der Waals surface area contributed by atoms with Crippen molar-refractivity contribution in [1.29, 1.82) is 0 Å². The molecule has 3 rings (SSSR count). The third-order valence-electron chi connectivity index (χ3n) is 4.66. The summed E-state index contributed by atoms with van der Waals surface area (Å²) in [5, 5.41) is 5.38. The minimum atomic E-state index is -3.72. The minimum Gasteiger partial charge on any atom is -0.326 e. The molecule has 2 amide bonds. The number of nitrogens with one attached hydrogen (secondary N) is 2. The molecule has 2 N–H and O–H groups in total. The third kappa shape index (κ3) is 5.28. The van der Waals surface area contributed by atoms with Gasteiger partial charge in [-0.15, -0.1) is 11.8 Å². The van der Waals surface area contributed by atoms with Crippen LogP contribution in [0.5, 0.6) is 0 Å². The zero-order valence-corrected chi connectivity index (χ0v) is 18.2. The highest BCUT2D eigenvalue weighted by molar-refractivity contribution is 7.99. The van der Waals surface area contributed by atoms with Crippen LogP contribution in [0.2, 0.25) is 0 Å². The first kappa shape index (κ1) is 22.0. The number of benzene rings is 2. The molecule has 158 valence electrons. The highest BCUT2D eigenvalue weighted by Gasteiger charge is 2.23. The Morgan fingerprint density at radius 3 is 2.70 bits per heavy atom. The number of thioether (sulfide) groups is 1. The Morgan fingerprint density at radius 1 is 1.20 bits per heavy atom. The Morgan fingerprint density at radius 2 is 1.97 bits per heavy atom. The van der Waals surface area contributed by atoms with E-state index in [1.54, 1.807) is 30.3 Å². The van der Waals surface area contributed by atoms with Gasteiger partial charge in [-0.2, -0.15) is 0 Å². The van der Waals surface area contributed by atoms with Crippen LogP contribution in [0.4, 0.5) is 11.4 Å². The van der Waals surface area contributed by atoms with Gasteiger partial charge >= 0.3 is 0 Å². The Bertz CT molecular complexity index is 1110. The second-order valence-electron chi connectivity index (χ2n) is 7.11. The number of carbonyl (C=O) groups is 3. The molecular weight excluding hydrogens is 424 g/mol. The maximum atomic E-state index is 12.7. The molecule has 0 fully saturated rings. The van der Waals surface area contributed by atoms with Gasteiger partial charge in [-0.25, -0.2) is 8.42 Å². The number of fused-ring (bicyclic) bond motifs is 1. The van der Waals surface area contributed by atoms with E-state index in [1.165, 1.54) is 30.8 Å². The quantitative estimate of drug-likeness (QED) is 0.659. The fourth-order valence-corrected chi connectivity index (χ4v) is 5.13. The third-order valence-corrected chi connectivity index (χ3v) is 7.70. The molecule has 7 nitrogen and oxygen atoms in total. The molecule has 1 heterocycles. The molecule has 0 saturated heterocycles. The SMILES string of the molecule is CC(=O)c1cccc(NC(=O)CCS(=O)(=O)c2ccc3c(c2)NC(=O)C(C)CS3)c1. The fraction of sp³-hybridized carbons (Fsp3) is 0.286. The number of sulfone groups is 1. The van der Waals surface area contributed by atoms with Crippen molar-refractivity contribution in [3.05, 3.63) is 48.0 Å². The number of hydrogen-bond donors (Lipinski definition) is 2. The first-order valence-electron chi connectivity index (χ1n) is 9.37. The molecule has 0 aromatic heterocycles. The molecule has 9 heteroatoms. The average Bonchev–Trinajstić information content (AvgIpc) is 2.84. The number of rotatable bonds is 6. The molecule has 1 aliphatic heterocycles. The van der Waals surface area contributed by atoms with E-state index in [4.69, 9.17) is 0 Å². The van der Waals surface area contributed by atoms with Gasteiger partial charge in [-0.3, -0.25) is 14.4 Å². The molecule has 30 heavy (non-hydrogen) atoms. The molecule has 1 aliphatic rings. The summed E-state index contributed by atoms with van der Waals surface area (Å²) >= 11 is 1.50. The monoisotopic (exact) mass is 446 g/mol. The van der Waals surface area contributed by atoms with Crippen LogP contribution < -0.4 is 10.6 Å². The molecule has 0 radical (unpaired) electrons. The Hall–Kier alpha value is -2.65. The van der Waals surface area contributed by atoms with Crippen LogP contribution in [0.1, 0.15) is 30.6 Å². The van der Waals surface area contributed by atoms with Gasteiger partial charge in [-0.1, -0.05) is 19.1 Å². The number of amides is 2. The summed E-state index contributed by atoms with van der Waals surface area (Å²) < 4.78 is 25.4. The van der Waals surface area contributed by atoms with E-state index in [0.717, 1.165) is 4.90 Å². The van der Waals surface area contributed by atoms with Crippen LogP contribution in [0, 0.1) is 5.92 Å². The molecule has 2 aromatic rings. The van der Waals surface area contributed by atoms with E-state index in [9.17, 15) is 22.8 Å². The summed E-state index contributed by atoms with van der Waals surface area (Å²) in [5.41, 5.74) is 1.37. The average molecular weight is 447 g/mol. The zero-order chi connectivity index (χ0) is 21.9. The lowest BCUT2D eigenvalue weighted by Gasteiger charge is -2.10. The number of anilines is 2. The van der Waals surface area contributed by atoms with Crippen molar-refractivity contribution < 1.29 is 22.8 Å². The van der Waals surface area contributed by atoms with Gasteiger partial charge in [0.25, 0.3) is 0 Å². The summed E-state index contributed by atoms with van der Waals surface area (Å²) in [6.07, 6.45) is -0.234. The largest absolute Gasteiger partial charge is 0.326 e. The summed E-state index contributed by atoms with van der Waals surface area (Å²) in [5.74, 6) is -0.670. The van der Waals surface area contributed by atoms with Gasteiger partial charge in [0.1, 0.15) is 0 Å². The maximum absolute atomic E-state index is 12.7. The lowest BCUT2D eigenvalue weighted by Crippen LogP contribution is -2.20. The molecule has 0 spiro atoms. The standard InChI is InChI=1S/C21H22N2O5S2/c1-13-12-29-19-7-6-17(11-18(19)23-21(13)26)30(27,28)9-8-20(25)22-16-5-3-4-15(10-16)14(2)24/h3-7,10-11,13H,8-9,12H2,1-2H3,(H,22,25)(H,23,26). The molecule has 1 atom stereocenters. The number of carbonyl (C=O) groups excluding carboxylic acids is 3. The van der Waals surface area contributed by atoms with Crippen LogP contribution in [-0.4, -0.2) is 37.5 Å². The molecule has 1 unspecified atom stereocenters. The normalized spacial score (nSPS) is 16.2. The molecular formula is C21H22N2O5S2. The second kappa shape index (κ2) is 9.01. The smallest absolute Gasteiger partial charge is 0.228 e. The van der Waals surface area contributed by atoms with E-state index >= 15 is 0 Å². The number of ketones is 1. The summed E-state index contributed by atoms with van der Waals surface area (Å²) in [6, 6.07) is 11.1. The maximum Gasteiger partial charge on any atom is 0.228 e. The van der Waals surface area contributed by atoms with Gasteiger partial charge in [0.05, 0.1) is 16.3 Å². The van der Waals surface area contributed by atoms with Crippen molar-refractivity contribution in [2.75, 3.05) is 22.1 Å². The Kier molecular flexibility index (Phi) is 6.62. The molecule has 2 aromatic carbocycles.